The van der Waals surface area contributed by atoms with E-state index in [0.29, 0.717) is 34.8 Å². The summed E-state index contributed by atoms with van der Waals surface area (Å²) in [6.45, 7) is 2.31. The lowest BCUT2D eigenvalue weighted by Crippen LogP contribution is -2.44. The molecule has 1 aromatic heterocycles. The summed E-state index contributed by atoms with van der Waals surface area (Å²) in [4.78, 5) is 12.2. The maximum Gasteiger partial charge on any atom is 0.161 e. The highest BCUT2D eigenvalue weighted by Crippen LogP contribution is 2.40. The van der Waals surface area contributed by atoms with E-state index in [1.807, 2.05) is 29.2 Å². The van der Waals surface area contributed by atoms with Crippen molar-refractivity contribution in [1.82, 2.24) is 15.3 Å². The van der Waals surface area contributed by atoms with Gasteiger partial charge < -0.3 is 24.4 Å². The summed E-state index contributed by atoms with van der Waals surface area (Å²) in [7, 11) is 4.86. The Balaban J connectivity index is 1.64. The largest absolute Gasteiger partial charge is 0.496 e. The van der Waals surface area contributed by atoms with Gasteiger partial charge in [0.2, 0.25) is 0 Å². The number of nitrogens with zero attached hydrogens (tertiary/aromatic N) is 3. The van der Waals surface area contributed by atoms with Gasteiger partial charge in [0.05, 0.1) is 36.8 Å². The van der Waals surface area contributed by atoms with E-state index in [0.717, 1.165) is 40.2 Å². The third-order valence-corrected chi connectivity index (χ3v) is 7.73. The number of hydrogen-bond acceptors (Lipinski definition) is 8. The molecule has 1 fully saturated rings. The van der Waals surface area contributed by atoms with Crippen molar-refractivity contribution in [2.45, 2.75) is 16.7 Å². The van der Waals surface area contributed by atoms with Gasteiger partial charge in [0.25, 0.3) is 0 Å². The lowest BCUT2D eigenvalue weighted by atomic mass is 10.1. The van der Waals surface area contributed by atoms with Gasteiger partial charge in [-0.3, -0.25) is 0 Å². The van der Waals surface area contributed by atoms with Crippen LogP contribution in [0.15, 0.2) is 59.8 Å². The van der Waals surface area contributed by atoms with Crippen molar-refractivity contribution in [2.75, 3.05) is 39.3 Å². The molecule has 0 bridgehead atoms. The van der Waals surface area contributed by atoms with E-state index in [9.17, 15) is 4.39 Å². The molecule has 1 aliphatic heterocycles. The molecule has 5 rings (SSSR count). The zero-order chi connectivity index (χ0) is 25.9. The summed E-state index contributed by atoms with van der Waals surface area (Å²) < 4.78 is 30.7. The van der Waals surface area contributed by atoms with Gasteiger partial charge in [-0.15, -0.1) is 11.8 Å². The van der Waals surface area contributed by atoms with Crippen LogP contribution in [0.4, 0.5) is 15.9 Å². The van der Waals surface area contributed by atoms with E-state index in [-0.39, 0.29) is 5.02 Å². The first-order valence-corrected chi connectivity index (χ1v) is 12.9. The average Bonchev–Trinajstić information content (AvgIpc) is 2.90. The zero-order valence-electron chi connectivity index (χ0n) is 20.6. The van der Waals surface area contributed by atoms with Crippen molar-refractivity contribution in [3.05, 3.63) is 71.3 Å². The Kier molecular flexibility index (Phi) is 7.55. The lowest BCUT2D eigenvalue weighted by Gasteiger charge is -2.28. The first kappa shape index (κ1) is 25.4. The Labute approximate surface area is 223 Å². The molecule has 1 N–H and O–H groups in total. The molecular formula is C27H26ClFN4O3S. The van der Waals surface area contributed by atoms with E-state index in [4.69, 9.17) is 25.8 Å². The van der Waals surface area contributed by atoms with Gasteiger partial charge in [-0.05, 0) is 42.0 Å². The summed E-state index contributed by atoms with van der Waals surface area (Å²) in [6, 6.07) is 14.4. The standard InChI is InChI=1S/C27H26ClFN4O3S/c1-34-23-7-4-16(8-24(23)35-2)14-33(17-5-6-21(29)20(28)9-17)27-19-10-26(37-18-12-30-13-18)25(36-3)11-22(19)31-15-32-27/h4-11,15,18,30H,12-14H2,1-3H3. The molecule has 1 saturated heterocycles. The van der Waals surface area contributed by atoms with E-state index in [2.05, 4.69) is 21.4 Å². The van der Waals surface area contributed by atoms with Crippen LogP contribution in [0.2, 0.25) is 5.02 Å². The minimum Gasteiger partial charge on any atom is -0.496 e. The number of fused-ring (bicyclic) bond motifs is 1. The SMILES string of the molecule is COc1ccc(CN(c2ccc(F)c(Cl)c2)c2ncnc3cc(OC)c(SC4CNC4)cc23)cc1OC. The van der Waals surface area contributed by atoms with Gasteiger partial charge in [-0.25, -0.2) is 14.4 Å². The summed E-state index contributed by atoms with van der Waals surface area (Å²) in [5.74, 6) is 2.20. The van der Waals surface area contributed by atoms with Gasteiger partial charge >= 0.3 is 0 Å². The number of ether oxygens (including phenoxy) is 3. The van der Waals surface area contributed by atoms with Crippen LogP contribution < -0.4 is 24.4 Å². The van der Waals surface area contributed by atoms with Crippen LogP contribution >= 0.6 is 23.4 Å². The van der Waals surface area contributed by atoms with E-state index >= 15 is 0 Å². The Morgan fingerprint density at radius 3 is 2.43 bits per heavy atom. The molecule has 0 atom stereocenters. The Morgan fingerprint density at radius 1 is 0.973 bits per heavy atom. The second-order valence-electron chi connectivity index (χ2n) is 8.49. The van der Waals surface area contributed by atoms with Crippen LogP contribution in [0.25, 0.3) is 10.9 Å². The summed E-state index contributed by atoms with van der Waals surface area (Å²) in [5.41, 5.74) is 2.37. The molecule has 2 heterocycles. The third-order valence-electron chi connectivity index (χ3n) is 6.20. The maximum atomic E-state index is 14.1. The van der Waals surface area contributed by atoms with Crippen LogP contribution in [-0.4, -0.2) is 49.6 Å². The molecular weight excluding hydrogens is 515 g/mol. The minimum atomic E-state index is -0.485. The highest BCUT2D eigenvalue weighted by Gasteiger charge is 2.23. The van der Waals surface area contributed by atoms with Crippen LogP contribution in [0.1, 0.15) is 5.56 Å². The smallest absolute Gasteiger partial charge is 0.161 e. The predicted molar refractivity (Wildman–Crippen MR) is 145 cm³/mol. The number of benzene rings is 3. The van der Waals surface area contributed by atoms with Crippen molar-refractivity contribution < 1.29 is 18.6 Å². The average molecular weight is 541 g/mol. The van der Waals surface area contributed by atoms with Crippen LogP contribution in [0.5, 0.6) is 17.2 Å². The number of rotatable bonds is 9. The monoisotopic (exact) mass is 540 g/mol. The molecule has 37 heavy (non-hydrogen) atoms. The van der Waals surface area contributed by atoms with Crippen LogP contribution in [0, 0.1) is 5.82 Å². The topological polar surface area (TPSA) is 68.7 Å². The highest BCUT2D eigenvalue weighted by molar-refractivity contribution is 8.00. The molecule has 10 heteroatoms. The predicted octanol–water partition coefficient (Wildman–Crippen LogP) is 5.85. The second-order valence-corrected chi connectivity index (χ2v) is 10.2. The van der Waals surface area contributed by atoms with Crippen molar-refractivity contribution in [3.63, 3.8) is 0 Å². The molecule has 0 saturated carbocycles. The molecule has 0 radical (unpaired) electrons. The highest BCUT2D eigenvalue weighted by atomic mass is 35.5. The molecule has 7 nitrogen and oxygen atoms in total. The zero-order valence-corrected chi connectivity index (χ0v) is 22.2. The fraction of sp³-hybridized carbons (Fsp3) is 0.259. The number of thioether (sulfide) groups is 1. The number of halogens is 2. The van der Waals surface area contributed by atoms with Gasteiger partial charge in [0.1, 0.15) is 23.7 Å². The number of aromatic nitrogens is 2. The summed E-state index contributed by atoms with van der Waals surface area (Å²) in [5, 5.41) is 4.65. The van der Waals surface area contributed by atoms with E-state index in [1.54, 1.807) is 45.2 Å². The van der Waals surface area contributed by atoms with E-state index in [1.165, 1.54) is 12.4 Å². The molecule has 0 amide bonds. The molecule has 192 valence electrons. The number of hydrogen-bond donors (Lipinski definition) is 1. The molecule has 0 spiro atoms. The fourth-order valence-corrected chi connectivity index (χ4v) is 5.53. The Bertz CT molecular complexity index is 1440. The van der Waals surface area contributed by atoms with Crippen molar-refractivity contribution in [3.8, 4) is 17.2 Å². The molecule has 4 aromatic rings. The first-order valence-electron chi connectivity index (χ1n) is 11.6. The first-order chi connectivity index (χ1) is 18.0. The molecule has 1 aliphatic rings. The molecule has 3 aromatic carbocycles. The normalized spacial score (nSPS) is 13.3. The Morgan fingerprint density at radius 2 is 1.76 bits per heavy atom. The number of nitrogens with one attached hydrogen (secondary N) is 1. The van der Waals surface area contributed by atoms with Crippen LogP contribution in [0.3, 0.4) is 0 Å². The fourth-order valence-electron chi connectivity index (χ4n) is 4.15. The summed E-state index contributed by atoms with van der Waals surface area (Å²) >= 11 is 7.97. The van der Waals surface area contributed by atoms with Crippen LogP contribution in [-0.2, 0) is 6.54 Å². The van der Waals surface area contributed by atoms with Gasteiger partial charge in [0, 0.05) is 42.0 Å². The van der Waals surface area contributed by atoms with Crippen molar-refractivity contribution in [1.29, 1.82) is 0 Å². The van der Waals surface area contributed by atoms with Gasteiger partial charge in [0.15, 0.2) is 11.5 Å². The maximum absolute atomic E-state index is 14.1. The molecule has 0 aliphatic carbocycles. The second kappa shape index (κ2) is 11.0. The number of anilines is 2. The summed E-state index contributed by atoms with van der Waals surface area (Å²) in [6.07, 6.45) is 1.52. The minimum absolute atomic E-state index is 0.0311. The van der Waals surface area contributed by atoms with E-state index < -0.39 is 5.82 Å². The lowest BCUT2D eigenvalue weighted by molar-refractivity contribution is 0.354. The van der Waals surface area contributed by atoms with Gasteiger partial charge in [-0.2, -0.15) is 0 Å². The number of methoxy groups -OCH3 is 3. The molecule has 0 unspecified atom stereocenters. The quantitative estimate of drug-likeness (QED) is 0.283. The van der Waals surface area contributed by atoms with Crippen molar-refractivity contribution in [2.24, 2.45) is 0 Å². The Hall–Kier alpha value is -3.27. The van der Waals surface area contributed by atoms with Gasteiger partial charge in [-0.1, -0.05) is 17.7 Å². The third kappa shape index (κ3) is 5.25. The van der Waals surface area contributed by atoms with Crippen molar-refractivity contribution >= 4 is 45.8 Å².